The van der Waals surface area contributed by atoms with Gasteiger partial charge in [0.05, 0.1) is 12.1 Å². The minimum Gasteiger partial charge on any atom is -0.496 e. The lowest BCUT2D eigenvalue weighted by atomic mass is 9.72. The second kappa shape index (κ2) is 8.89. The van der Waals surface area contributed by atoms with Gasteiger partial charge < -0.3 is 9.47 Å². The van der Waals surface area contributed by atoms with Crippen LogP contribution in [0.5, 0.6) is 5.75 Å². The van der Waals surface area contributed by atoms with Crippen LogP contribution in [0.4, 0.5) is 4.79 Å². The quantitative estimate of drug-likeness (QED) is 0.432. The molecule has 2 rings (SSSR count). The van der Waals surface area contributed by atoms with Gasteiger partial charge in [0.25, 0.3) is 0 Å². The maximum Gasteiger partial charge on any atom is 0.543 e. The van der Waals surface area contributed by atoms with Crippen LogP contribution in [0.15, 0.2) is 24.3 Å². The van der Waals surface area contributed by atoms with Crippen molar-refractivity contribution in [1.29, 1.82) is 0 Å². The summed E-state index contributed by atoms with van der Waals surface area (Å²) in [5.74, 6) is 0.0802. The van der Waals surface area contributed by atoms with Gasteiger partial charge >= 0.3 is 12.1 Å². The molecular weight excluding hydrogens is 340 g/mol. The van der Waals surface area contributed by atoms with Crippen molar-refractivity contribution in [3.05, 3.63) is 29.8 Å². The smallest absolute Gasteiger partial charge is 0.496 e. The van der Waals surface area contributed by atoms with Gasteiger partial charge in [-0.05, 0) is 49.1 Å². The van der Waals surface area contributed by atoms with Gasteiger partial charge in [-0.2, -0.15) is 0 Å². The lowest BCUT2D eigenvalue weighted by Crippen LogP contribution is -2.30. The molecule has 1 fully saturated rings. The average Bonchev–Trinajstić information content (AvgIpc) is 2.61. The first-order chi connectivity index (χ1) is 12.3. The van der Waals surface area contributed by atoms with Crippen molar-refractivity contribution in [3.8, 4) is 5.75 Å². The van der Waals surface area contributed by atoms with E-state index < -0.39 is 12.1 Å². The van der Waals surface area contributed by atoms with E-state index in [9.17, 15) is 9.59 Å². The molecule has 0 N–H and O–H groups in total. The van der Waals surface area contributed by atoms with E-state index in [1.54, 1.807) is 18.2 Å². The number of ether oxygens (including phenoxy) is 2. The Morgan fingerprint density at radius 1 is 1.00 bits per heavy atom. The van der Waals surface area contributed by atoms with Gasteiger partial charge in [-0.25, -0.2) is 14.5 Å². The molecule has 0 radical (unpaired) electrons. The summed E-state index contributed by atoms with van der Waals surface area (Å²) in [6.07, 6.45) is 2.29. The predicted molar refractivity (Wildman–Crippen MR) is 92.3 cm³/mol. The average molecular weight is 366 g/mol. The first kappa shape index (κ1) is 20.0. The van der Waals surface area contributed by atoms with Gasteiger partial charge in [-0.1, -0.05) is 32.9 Å². The summed E-state index contributed by atoms with van der Waals surface area (Å²) < 4.78 is 10.2. The lowest BCUT2D eigenvalue weighted by Gasteiger charge is -2.36. The number of para-hydroxylation sites is 1. The van der Waals surface area contributed by atoms with E-state index in [1.165, 1.54) is 13.2 Å². The molecule has 1 aromatic rings. The highest BCUT2D eigenvalue weighted by atomic mass is 17.5. The summed E-state index contributed by atoms with van der Waals surface area (Å²) in [4.78, 5) is 32.3. The number of hydrogen-bond donors (Lipinski definition) is 0. The molecule has 144 valence electrons. The van der Waals surface area contributed by atoms with Crippen LogP contribution in [0.1, 0.15) is 56.8 Å². The number of hydrogen-bond acceptors (Lipinski definition) is 7. The number of carbonyl (C=O) groups is 2. The summed E-state index contributed by atoms with van der Waals surface area (Å²) in [7, 11) is 1.43. The van der Waals surface area contributed by atoms with Crippen LogP contribution in [0.3, 0.4) is 0 Å². The second-order valence-corrected chi connectivity index (χ2v) is 7.43. The van der Waals surface area contributed by atoms with Crippen LogP contribution < -0.4 is 4.74 Å². The molecule has 0 amide bonds. The normalized spacial score (nSPS) is 20.2. The zero-order chi connectivity index (χ0) is 19.2. The summed E-state index contributed by atoms with van der Waals surface area (Å²) >= 11 is 0. The Balaban J connectivity index is 1.70. The van der Waals surface area contributed by atoms with Crippen molar-refractivity contribution in [3.63, 3.8) is 0 Å². The fourth-order valence-corrected chi connectivity index (χ4v) is 3.14. The molecule has 1 aromatic carbocycles. The third kappa shape index (κ3) is 5.62. The number of methoxy groups -OCH3 is 1. The molecule has 0 aliphatic heterocycles. The summed E-state index contributed by atoms with van der Waals surface area (Å²) in [6.45, 7) is 6.66. The van der Waals surface area contributed by atoms with Crippen LogP contribution >= 0.6 is 0 Å². The molecule has 0 saturated heterocycles. The molecule has 1 aliphatic rings. The Labute approximate surface area is 153 Å². The van der Waals surface area contributed by atoms with Crippen molar-refractivity contribution < 1.29 is 33.9 Å². The van der Waals surface area contributed by atoms with Gasteiger partial charge in [-0.3, -0.25) is 4.89 Å². The van der Waals surface area contributed by atoms with Crippen LogP contribution in [0.25, 0.3) is 0 Å². The number of benzene rings is 1. The van der Waals surface area contributed by atoms with Crippen molar-refractivity contribution >= 4 is 12.1 Å². The Kier molecular flexibility index (Phi) is 6.85. The Bertz CT molecular complexity index is 613. The topological polar surface area (TPSA) is 80.3 Å². The third-order valence-corrected chi connectivity index (χ3v) is 4.70. The van der Waals surface area contributed by atoms with Crippen molar-refractivity contribution in [2.24, 2.45) is 11.3 Å². The largest absolute Gasteiger partial charge is 0.543 e. The van der Waals surface area contributed by atoms with Gasteiger partial charge in [0.1, 0.15) is 17.4 Å². The number of carbonyl (C=O) groups excluding carboxylic acids is 2. The molecule has 1 saturated carbocycles. The molecule has 0 heterocycles. The van der Waals surface area contributed by atoms with Crippen molar-refractivity contribution in [1.82, 2.24) is 0 Å². The molecule has 0 spiro atoms. The first-order valence-corrected chi connectivity index (χ1v) is 8.70. The highest BCUT2D eigenvalue weighted by Crippen LogP contribution is 2.38. The predicted octanol–water partition coefficient (Wildman–Crippen LogP) is 4.46. The van der Waals surface area contributed by atoms with Crippen LogP contribution in [0.2, 0.25) is 0 Å². The highest BCUT2D eigenvalue weighted by molar-refractivity contribution is 5.92. The molecular formula is C19H26O7. The standard InChI is InChI=1S/C19H26O7/c1-19(2,3)13-9-11-14(12-10-13)23-18(21)25-26-24-17(20)15-7-5-6-8-16(15)22-4/h5-8,13-14H,9-12H2,1-4H3. The second-order valence-electron chi connectivity index (χ2n) is 7.43. The molecule has 1 aliphatic carbocycles. The monoisotopic (exact) mass is 366 g/mol. The Morgan fingerprint density at radius 3 is 2.27 bits per heavy atom. The van der Waals surface area contributed by atoms with Crippen molar-refractivity contribution in [2.45, 2.75) is 52.6 Å². The molecule has 7 heteroatoms. The van der Waals surface area contributed by atoms with E-state index in [0.29, 0.717) is 11.7 Å². The Hall–Kier alpha value is -2.28. The van der Waals surface area contributed by atoms with E-state index in [1.807, 2.05) is 0 Å². The number of rotatable bonds is 5. The SMILES string of the molecule is COc1ccccc1C(=O)OOOC(=O)OC1CCC(C(C)(C)C)CC1. The fourth-order valence-electron chi connectivity index (χ4n) is 3.14. The van der Waals surface area contributed by atoms with Gasteiger partial charge in [0, 0.05) is 0 Å². The highest BCUT2D eigenvalue weighted by Gasteiger charge is 2.31. The zero-order valence-electron chi connectivity index (χ0n) is 15.7. The fraction of sp³-hybridized carbons (Fsp3) is 0.579. The maximum absolute atomic E-state index is 11.9. The summed E-state index contributed by atoms with van der Waals surface area (Å²) in [6, 6.07) is 6.44. The minimum absolute atomic E-state index is 0.146. The molecule has 0 atom stereocenters. The van der Waals surface area contributed by atoms with Gasteiger partial charge in [0.15, 0.2) is 0 Å². The van der Waals surface area contributed by atoms with E-state index in [0.717, 1.165) is 25.7 Å². The van der Waals surface area contributed by atoms with Crippen molar-refractivity contribution in [2.75, 3.05) is 7.11 Å². The third-order valence-electron chi connectivity index (χ3n) is 4.70. The van der Waals surface area contributed by atoms with Gasteiger partial charge in [0.2, 0.25) is 0 Å². The molecule has 0 bridgehead atoms. The molecule has 0 aromatic heterocycles. The lowest BCUT2D eigenvalue weighted by molar-refractivity contribution is -0.453. The van der Waals surface area contributed by atoms with E-state index in [4.69, 9.17) is 9.47 Å². The maximum atomic E-state index is 11.9. The molecule has 0 unspecified atom stereocenters. The summed E-state index contributed by atoms with van der Waals surface area (Å²) in [5.41, 5.74) is 0.397. The zero-order valence-corrected chi connectivity index (χ0v) is 15.7. The van der Waals surface area contributed by atoms with Crippen LogP contribution in [-0.2, 0) is 19.6 Å². The molecule has 7 nitrogen and oxygen atoms in total. The van der Waals surface area contributed by atoms with Crippen LogP contribution in [0, 0.1) is 11.3 Å². The molecule has 26 heavy (non-hydrogen) atoms. The van der Waals surface area contributed by atoms with Gasteiger partial charge in [-0.15, -0.1) is 0 Å². The Morgan fingerprint density at radius 2 is 1.65 bits per heavy atom. The van der Waals surface area contributed by atoms with E-state index >= 15 is 0 Å². The minimum atomic E-state index is -1.03. The van der Waals surface area contributed by atoms with Crippen LogP contribution in [-0.4, -0.2) is 25.3 Å². The van der Waals surface area contributed by atoms with E-state index in [-0.39, 0.29) is 17.1 Å². The summed E-state index contributed by atoms with van der Waals surface area (Å²) in [5, 5.41) is 4.25. The first-order valence-electron chi connectivity index (χ1n) is 8.70. The van der Waals surface area contributed by atoms with E-state index in [2.05, 4.69) is 35.6 Å².